The van der Waals surface area contributed by atoms with Crippen molar-refractivity contribution < 1.29 is 14.3 Å². The third-order valence-corrected chi connectivity index (χ3v) is 4.20. The molecule has 2 amide bonds. The number of unbranched alkanes of at least 4 members (excludes halogenated alkanes) is 2. The summed E-state index contributed by atoms with van der Waals surface area (Å²) in [6.07, 6.45) is 6.74. The molecule has 20 heavy (non-hydrogen) atoms. The van der Waals surface area contributed by atoms with Crippen molar-refractivity contribution in [2.75, 3.05) is 19.7 Å². The second-order valence-corrected chi connectivity index (χ2v) is 5.89. The van der Waals surface area contributed by atoms with Crippen LogP contribution in [0.15, 0.2) is 0 Å². The lowest BCUT2D eigenvalue weighted by molar-refractivity contribution is -0.137. The molecular weight excluding hydrogens is 256 g/mol. The molecule has 0 bridgehead atoms. The van der Waals surface area contributed by atoms with Crippen molar-refractivity contribution in [3.8, 4) is 0 Å². The minimum atomic E-state index is -0.787. The molecule has 2 rings (SSSR count). The highest BCUT2D eigenvalue weighted by Crippen LogP contribution is 2.46. The predicted molar refractivity (Wildman–Crippen MR) is 76.2 cm³/mol. The summed E-state index contributed by atoms with van der Waals surface area (Å²) in [5, 5.41) is 5.78. The Morgan fingerprint density at radius 3 is 2.55 bits per heavy atom. The first kappa shape index (κ1) is 15.3. The first-order valence-electron chi connectivity index (χ1n) is 7.87. The molecule has 2 aliphatic rings. The Balaban J connectivity index is 1.71. The van der Waals surface area contributed by atoms with E-state index in [1.807, 2.05) is 0 Å². The van der Waals surface area contributed by atoms with Gasteiger partial charge in [0.05, 0.1) is 6.10 Å². The van der Waals surface area contributed by atoms with Crippen molar-refractivity contribution >= 4 is 11.8 Å². The predicted octanol–water partition coefficient (Wildman–Crippen LogP) is 1.37. The normalized spacial score (nSPS) is 23.4. The van der Waals surface area contributed by atoms with E-state index in [1.165, 1.54) is 0 Å². The Bertz CT molecular complexity index is 347. The van der Waals surface area contributed by atoms with Crippen LogP contribution in [0.5, 0.6) is 0 Å². The van der Waals surface area contributed by atoms with Gasteiger partial charge in [0.25, 0.3) is 0 Å². The van der Waals surface area contributed by atoms with Gasteiger partial charge in [-0.3, -0.25) is 9.59 Å². The van der Waals surface area contributed by atoms with Crippen LogP contribution >= 0.6 is 0 Å². The molecule has 1 aliphatic carbocycles. The molecule has 5 nitrogen and oxygen atoms in total. The fourth-order valence-electron chi connectivity index (χ4n) is 2.61. The maximum absolute atomic E-state index is 12.2. The standard InChI is InChI=1S/C15H26N2O3/c1-2-3-4-9-16-13(18)15(7-8-15)14(19)17-11-12-6-5-10-20-12/h12H,2-11H2,1H3,(H,16,18)(H,17,19). The number of hydrogen-bond acceptors (Lipinski definition) is 3. The van der Waals surface area contributed by atoms with Gasteiger partial charge in [0.1, 0.15) is 5.41 Å². The molecule has 1 heterocycles. The van der Waals surface area contributed by atoms with E-state index in [9.17, 15) is 9.59 Å². The lowest BCUT2D eigenvalue weighted by Crippen LogP contribution is -2.45. The summed E-state index contributed by atoms with van der Waals surface area (Å²) in [7, 11) is 0. The van der Waals surface area contributed by atoms with Crippen LogP contribution in [0, 0.1) is 5.41 Å². The Kier molecular flexibility index (Phi) is 5.40. The van der Waals surface area contributed by atoms with Crippen LogP contribution in [0.3, 0.4) is 0 Å². The quantitative estimate of drug-likeness (QED) is 0.522. The van der Waals surface area contributed by atoms with E-state index in [-0.39, 0.29) is 17.9 Å². The zero-order chi connectivity index (χ0) is 14.4. The number of carbonyl (C=O) groups excluding carboxylic acids is 2. The topological polar surface area (TPSA) is 67.4 Å². The van der Waals surface area contributed by atoms with Gasteiger partial charge in [0.2, 0.25) is 11.8 Å². The van der Waals surface area contributed by atoms with Gasteiger partial charge in [-0.2, -0.15) is 0 Å². The third kappa shape index (κ3) is 3.72. The van der Waals surface area contributed by atoms with Crippen LogP contribution in [0.4, 0.5) is 0 Å². The molecule has 0 radical (unpaired) electrons. The molecule has 0 spiro atoms. The first-order chi connectivity index (χ1) is 9.69. The summed E-state index contributed by atoms with van der Waals surface area (Å²) in [6, 6.07) is 0. The fraction of sp³-hybridized carbons (Fsp3) is 0.867. The van der Waals surface area contributed by atoms with E-state index in [0.29, 0.717) is 25.9 Å². The highest BCUT2D eigenvalue weighted by Gasteiger charge is 2.56. The van der Waals surface area contributed by atoms with E-state index in [2.05, 4.69) is 17.6 Å². The summed E-state index contributed by atoms with van der Waals surface area (Å²) in [5.74, 6) is -0.223. The summed E-state index contributed by atoms with van der Waals surface area (Å²) in [6.45, 7) is 4.11. The lowest BCUT2D eigenvalue weighted by Gasteiger charge is -2.17. The molecule has 1 aliphatic heterocycles. The van der Waals surface area contributed by atoms with Crippen LogP contribution in [-0.2, 0) is 14.3 Å². The van der Waals surface area contributed by atoms with Crippen LogP contribution in [0.2, 0.25) is 0 Å². The maximum Gasteiger partial charge on any atom is 0.235 e. The molecule has 1 saturated carbocycles. The van der Waals surface area contributed by atoms with E-state index >= 15 is 0 Å². The Morgan fingerprint density at radius 2 is 1.95 bits per heavy atom. The Labute approximate surface area is 120 Å². The number of carbonyl (C=O) groups is 2. The molecule has 1 saturated heterocycles. The number of ether oxygens (including phenoxy) is 1. The first-order valence-corrected chi connectivity index (χ1v) is 7.87. The number of hydrogen-bond donors (Lipinski definition) is 2. The van der Waals surface area contributed by atoms with Gasteiger partial charge in [0.15, 0.2) is 0 Å². The van der Waals surface area contributed by atoms with Crippen molar-refractivity contribution in [1.82, 2.24) is 10.6 Å². The SMILES string of the molecule is CCCCCNC(=O)C1(C(=O)NCC2CCCO2)CC1. The molecule has 114 valence electrons. The van der Waals surface area contributed by atoms with Gasteiger partial charge in [-0.1, -0.05) is 19.8 Å². The van der Waals surface area contributed by atoms with E-state index in [0.717, 1.165) is 38.7 Å². The van der Waals surface area contributed by atoms with Gasteiger partial charge >= 0.3 is 0 Å². The average molecular weight is 282 g/mol. The van der Waals surface area contributed by atoms with Crippen LogP contribution < -0.4 is 10.6 Å². The molecule has 5 heteroatoms. The monoisotopic (exact) mass is 282 g/mol. The molecule has 2 N–H and O–H groups in total. The summed E-state index contributed by atoms with van der Waals surface area (Å²) < 4.78 is 5.47. The van der Waals surface area contributed by atoms with Gasteiger partial charge in [0, 0.05) is 19.7 Å². The maximum atomic E-state index is 12.2. The summed E-state index contributed by atoms with van der Waals surface area (Å²) >= 11 is 0. The molecule has 2 fully saturated rings. The van der Waals surface area contributed by atoms with Gasteiger partial charge < -0.3 is 15.4 Å². The van der Waals surface area contributed by atoms with Crippen LogP contribution in [0.1, 0.15) is 51.9 Å². The highest BCUT2D eigenvalue weighted by molar-refractivity contribution is 6.07. The second-order valence-electron chi connectivity index (χ2n) is 5.89. The van der Waals surface area contributed by atoms with E-state index < -0.39 is 5.41 Å². The average Bonchev–Trinajstić information content (AvgIpc) is 3.11. The summed E-state index contributed by atoms with van der Waals surface area (Å²) in [5.41, 5.74) is -0.787. The van der Waals surface area contributed by atoms with E-state index in [4.69, 9.17) is 4.74 Å². The summed E-state index contributed by atoms with van der Waals surface area (Å²) in [4.78, 5) is 24.3. The van der Waals surface area contributed by atoms with E-state index in [1.54, 1.807) is 0 Å². The molecule has 1 unspecified atom stereocenters. The smallest absolute Gasteiger partial charge is 0.235 e. The minimum Gasteiger partial charge on any atom is -0.376 e. The molecular formula is C15H26N2O3. The zero-order valence-electron chi connectivity index (χ0n) is 12.4. The fourth-order valence-corrected chi connectivity index (χ4v) is 2.61. The number of rotatable bonds is 8. The molecule has 0 aromatic carbocycles. The van der Waals surface area contributed by atoms with Crippen molar-refractivity contribution in [1.29, 1.82) is 0 Å². The largest absolute Gasteiger partial charge is 0.376 e. The third-order valence-electron chi connectivity index (χ3n) is 4.20. The number of amides is 2. The minimum absolute atomic E-state index is 0.0987. The van der Waals surface area contributed by atoms with Gasteiger partial charge in [-0.05, 0) is 32.1 Å². The van der Waals surface area contributed by atoms with Crippen molar-refractivity contribution in [3.05, 3.63) is 0 Å². The number of nitrogens with one attached hydrogen (secondary N) is 2. The molecule has 1 atom stereocenters. The Morgan fingerprint density at radius 1 is 1.20 bits per heavy atom. The van der Waals surface area contributed by atoms with Crippen molar-refractivity contribution in [2.45, 2.75) is 58.0 Å². The van der Waals surface area contributed by atoms with Gasteiger partial charge in [-0.15, -0.1) is 0 Å². The van der Waals surface area contributed by atoms with Crippen LogP contribution in [0.25, 0.3) is 0 Å². The second kappa shape index (κ2) is 7.07. The lowest BCUT2D eigenvalue weighted by atomic mass is 10.0. The van der Waals surface area contributed by atoms with Crippen molar-refractivity contribution in [3.63, 3.8) is 0 Å². The Hall–Kier alpha value is -1.10. The molecule has 0 aromatic heterocycles. The zero-order valence-corrected chi connectivity index (χ0v) is 12.4. The van der Waals surface area contributed by atoms with Crippen LogP contribution in [-0.4, -0.2) is 37.6 Å². The molecule has 0 aromatic rings. The highest BCUT2D eigenvalue weighted by atomic mass is 16.5. The van der Waals surface area contributed by atoms with Gasteiger partial charge in [-0.25, -0.2) is 0 Å². The van der Waals surface area contributed by atoms with Crippen molar-refractivity contribution in [2.24, 2.45) is 5.41 Å².